The van der Waals surface area contributed by atoms with E-state index in [0.29, 0.717) is 37.3 Å². The van der Waals surface area contributed by atoms with E-state index in [2.05, 4.69) is 27.0 Å². The Hall–Kier alpha value is -3.17. The van der Waals surface area contributed by atoms with Gasteiger partial charge in [-0.2, -0.15) is 5.10 Å². The zero-order chi connectivity index (χ0) is 25.6. The van der Waals surface area contributed by atoms with Crippen molar-refractivity contribution in [2.45, 2.75) is 45.2 Å². The average Bonchev–Trinajstić information content (AvgIpc) is 3.34. The number of aromatic nitrogens is 2. The number of rotatable bonds is 10. The van der Waals surface area contributed by atoms with Gasteiger partial charge >= 0.3 is 5.97 Å². The lowest BCUT2D eigenvalue weighted by Crippen LogP contribution is -2.49. The van der Waals surface area contributed by atoms with Crippen LogP contribution in [0.15, 0.2) is 66.4 Å². The first-order valence-corrected chi connectivity index (χ1v) is 11.7. The van der Waals surface area contributed by atoms with Gasteiger partial charge in [0.2, 0.25) is 0 Å². The summed E-state index contributed by atoms with van der Waals surface area (Å²) in [7, 11) is 0. The number of aliphatic carboxylic acids is 1. The molecule has 1 fully saturated rings. The monoisotopic (exact) mass is 505 g/mol. The summed E-state index contributed by atoms with van der Waals surface area (Å²) in [5, 5.41) is 19.5. The summed E-state index contributed by atoms with van der Waals surface area (Å²) in [6.45, 7) is 6.50. The second kappa shape index (κ2) is 11.5. The van der Waals surface area contributed by atoms with E-state index in [9.17, 15) is 18.7 Å². The van der Waals surface area contributed by atoms with Gasteiger partial charge in [0, 0.05) is 30.4 Å². The Morgan fingerprint density at radius 1 is 1.46 bits per heavy atom. The minimum Gasteiger partial charge on any atom is -0.481 e. The SMILES string of the molecule is C=C(CC1(C(=O)O)CCN(Cc2cccc(Cl)c2F)C(CC)C1)/C(F)=C\C=C(/N)Nc1cc[nH]n1. The van der Waals surface area contributed by atoms with Crippen LogP contribution in [-0.2, 0) is 11.3 Å². The highest BCUT2D eigenvalue weighted by atomic mass is 35.5. The van der Waals surface area contributed by atoms with Crippen molar-refractivity contribution in [2.75, 3.05) is 11.9 Å². The first-order chi connectivity index (χ1) is 16.6. The number of anilines is 1. The van der Waals surface area contributed by atoms with Crippen LogP contribution in [0.4, 0.5) is 14.6 Å². The number of piperidine rings is 1. The standard InChI is InChI=1S/C25H30ClF2N5O2/c1-3-18-14-25(24(34)35,10-12-33(18)15-17-5-4-6-19(26)23(17)28)13-16(2)20(27)7-8-21(29)31-22-9-11-30-32-22/h4-9,11,18H,2-3,10,12-15,29H2,1H3,(H,34,35)(H2,30,31,32)/b20-7+,21-8+. The van der Waals surface area contributed by atoms with E-state index in [-0.39, 0.29) is 35.3 Å². The quantitative estimate of drug-likeness (QED) is 0.324. The van der Waals surface area contributed by atoms with Crippen LogP contribution in [0.3, 0.4) is 0 Å². The predicted octanol–water partition coefficient (Wildman–Crippen LogP) is 5.36. The van der Waals surface area contributed by atoms with Crippen LogP contribution in [0.2, 0.25) is 5.02 Å². The lowest BCUT2D eigenvalue weighted by Gasteiger charge is -2.44. The number of halogens is 3. The molecule has 10 heteroatoms. The summed E-state index contributed by atoms with van der Waals surface area (Å²) < 4.78 is 29.2. The van der Waals surface area contributed by atoms with Crippen LogP contribution < -0.4 is 11.1 Å². The molecule has 2 heterocycles. The van der Waals surface area contributed by atoms with Gasteiger partial charge in [-0.3, -0.25) is 14.8 Å². The third-order valence-electron chi connectivity index (χ3n) is 6.42. The molecule has 2 aromatic rings. The number of likely N-dealkylation sites (tertiary alicyclic amines) is 1. The Morgan fingerprint density at radius 2 is 2.23 bits per heavy atom. The lowest BCUT2D eigenvalue weighted by atomic mass is 9.70. The fourth-order valence-corrected chi connectivity index (χ4v) is 4.64. The van der Waals surface area contributed by atoms with Crippen molar-refractivity contribution in [1.82, 2.24) is 15.1 Å². The molecule has 188 valence electrons. The lowest BCUT2D eigenvalue weighted by molar-refractivity contribution is -0.153. The van der Waals surface area contributed by atoms with Crippen molar-refractivity contribution in [1.29, 1.82) is 0 Å². The maximum atomic E-state index is 14.8. The van der Waals surface area contributed by atoms with E-state index in [0.717, 1.165) is 6.08 Å². The number of hydrogen-bond donors (Lipinski definition) is 4. The number of carboxylic acid groups (broad SMARTS) is 1. The molecule has 1 aromatic carbocycles. The van der Waals surface area contributed by atoms with Gasteiger partial charge in [0.25, 0.3) is 0 Å². The van der Waals surface area contributed by atoms with E-state index < -0.39 is 23.0 Å². The molecule has 0 saturated carbocycles. The summed E-state index contributed by atoms with van der Waals surface area (Å²) in [6.07, 6.45) is 5.31. The summed E-state index contributed by atoms with van der Waals surface area (Å²) >= 11 is 5.91. The summed E-state index contributed by atoms with van der Waals surface area (Å²) in [6, 6.07) is 6.40. The van der Waals surface area contributed by atoms with Crippen LogP contribution in [-0.4, -0.2) is 38.8 Å². The number of benzene rings is 1. The van der Waals surface area contributed by atoms with Gasteiger partial charge in [-0.15, -0.1) is 0 Å². The van der Waals surface area contributed by atoms with Crippen LogP contribution in [0.25, 0.3) is 0 Å². The van der Waals surface area contributed by atoms with Crippen molar-refractivity contribution in [2.24, 2.45) is 11.1 Å². The maximum Gasteiger partial charge on any atom is 0.310 e. The highest BCUT2D eigenvalue weighted by Gasteiger charge is 2.45. The molecular weight excluding hydrogens is 476 g/mol. The minimum absolute atomic E-state index is 0.0406. The minimum atomic E-state index is -1.17. The van der Waals surface area contributed by atoms with E-state index in [1.54, 1.807) is 24.4 Å². The average molecular weight is 506 g/mol. The number of nitrogens with one attached hydrogen (secondary N) is 2. The molecule has 0 spiro atoms. The van der Waals surface area contributed by atoms with Gasteiger partial charge in [-0.05, 0) is 56.0 Å². The van der Waals surface area contributed by atoms with Gasteiger partial charge in [-0.1, -0.05) is 37.2 Å². The Balaban J connectivity index is 1.70. The van der Waals surface area contributed by atoms with Crippen LogP contribution in [0.5, 0.6) is 0 Å². The Kier molecular flexibility index (Phi) is 8.69. The largest absolute Gasteiger partial charge is 0.481 e. The first kappa shape index (κ1) is 26.4. The molecule has 3 rings (SSSR count). The number of H-pyrrole nitrogens is 1. The van der Waals surface area contributed by atoms with Gasteiger partial charge in [0.15, 0.2) is 5.82 Å². The maximum absolute atomic E-state index is 14.8. The van der Waals surface area contributed by atoms with Crippen molar-refractivity contribution < 1.29 is 18.7 Å². The van der Waals surface area contributed by atoms with E-state index in [1.807, 2.05) is 6.92 Å². The highest BCUT2D eigenvalue weighted by Crippen LogP contribution is 2.43. The molecule has 7 nitrogen and oxygen atoms in total. The van der Waals surface area contributed by atoms with E-state index in [1.165, 1.54) is 12.1 Å². The van der Waals surface area contributed by atoms with Crippen molar-refractivity contribution >= 4 is 23.4 Å². The predicted molar refractivity (Wildman–Crippen MR) is 133 cm³/mol. The molecule has 0 amide bonds. The molecule has 2 unspecified atom stereocenters. The van der Waals surface area contributed by atoms with Gasteiger partial charge in [0.05, 0.1) is 10.4 Å². The van der Waals surface area contributed by atoms with Gasteiger partial charge in [-0.25, -0.2) is 8.78 Å². The molecular formula is C25H30ClF2N5O2. The third kappa shape index (κ3) is 6.49. The molecule has 35 heavy (non-hydrogen) atoms. The number of nitrogens with two attached hydrogens (primary N) is 1. The molecule has 5 N–H and O–H groups in total. The smallest absolute Gasteiger partial charge is 0.310 e. The third-order valence-corrected chi connectivity index (χ3v) is 6.71. The molecule has 0 radical (unpaired) electrons. The number of nitrogens with zero attached hydrogens (tertiary/aromatic N) is 2. The fourth-order valence-electron chi connectivity index (χ4n) is 4.45. The molecule has 0 aliphatic carbocycles. The molecule has 1 aliphatic rings. The van der Waals surface area contributed by atoms with Crippen molar-refractivity contribution in [3.8, 4) is 0 Å². The van der Waals surface area contributed by atoms with E-state index >= 15 is 0 Å². The van der Waals surface area contributed by atoms with Crippen molar-refractivity contribution in [3.05, 3.63) is 82.8 Å². The molecule has 1 aromatic heterocycles. The van der Waals surface area contributed by atoms with Crippen LogP contribution in [0.1, 0.15) is 38.2 Å². The second-order valence-electron chi connectivity index (χ2n) is 8.79. The summed E-state index contributed by atoms with van der Waals surface area (Å²) in [5.41, 5.74) is 5.20. The fraction of sp³-hybridized carbons (Fsp3) is 0.360. The normalized spacial score (nSPS) is 21.7. The summed E-state index contributed by atoms with van der Waals surface area (Å²) in [4.78, 5) is 14.4. The molecule has 0 bridgehead atoms. The zero-order valence-corrected chi connectivity index (χ0v) is 20.3. The molecule has 1 aliphatic heterocycles. The highest BCUT2D eigenvalue weighted by molar-refractivity contribution is 6.30. The topological polar surface area (TPSA) is 107 Å². The van der Waals surface area contributed by atoms with Crippen LogP contribution >= 0.6 is 11.6 Å². The Labute approximate surface area is 208 Å². The Morgan fingerprint density at radius 3 is 2.89 bits per heavy atom. The second-order valence-corrected chi connectivity index (χ2v) is 9.19. The van der Waals surface area contributed by atoms with E-state index in [4.69, 9.17) is 17.3 Å². The first-order valence-electron chi connectivity index (χ1n) is 11.3. The van der Waals surface area contributed by atoms with Gasteiger partial charge < -0.3 is 16.2 Å². The summed E-state index contributed by atoms with van der Waals surface area (Å²) in [5.74, 6) is -1.46. The number of hydrogen-bond acceptors (Lipinski definition) is 5. The number of carboxylic acids is 1. The number of aromatic amines is 1. The van der Waals surface area contributed by atoms with Crippen LogP contribution in [0, 0.1) is 11.2 Å². The van der Waals surface area contributed by atoms with Gasteiger partial charge in [0.1, 0.15) is 17.5 Å². The molecule has 2 atom stereocenters. The molecule has 1 saturated heterocycles. The Bertz CT molecular complexity index is 1120. The number of carbonyl (C=O) groups is 1. The number of allylic oxidation sites excluding steroid dienone is 4. The zero-order valence-electron chi connectivity index (χ0n) is 19.5. The van der Waals surface area contributed by atoms with Crippen molar-refractivity contribution in [3.63, 3.8) is 0 Å².